The van der Waals surface area contributed by atoms with Crippen molar-refractivity contribution in [3.63, 3.8) is 0 Å². The van der Waals surface area contributed by atoms with Gasteiger partial charge < -0.3 is 15.4 Å². The van der Waals surface area contributed by atoms with Crippen molar-refractivity contribution in [2.24, 2.45) is 0 Å². The molecule has 0 aliphatic rings. The van der Waals surface area contributed by atoms with E-state index in [4.69, 9.17) is 28.3 Å². The summed E-state index contributed by atoms with van der Waals surface area (Å²) < 4.78 is 0. The Morgan fingerprint density at radius 3 is 2.53 bits per heavy atom. The van der Waals surface area contributed by atoms with Gasteiger partial charge in [0.05, 0.1) is 16.9 Å². The molecular weight excluding hydrogens is 293 g/mol. The van der Waals surface area contributed by atoms with Gasteiger partial charge in [-0.25, -0.2) is 9.78 Å². The molecule has 2 aromatic heterocycles. The van der Waals surface area contributed by atoms with Crippen LogP contribution in [0, 0.1) is 0 Å². The number of carbonyl (C=O) groups excluding carboxylic acids is 1. The van der Waals surface area contributed by atoms with Crippen molar-refractivity contribution in [2.45, 2.75) is 0 Å². The molecule has 0 atom stereocenters. The maximum Gasteiger partial charge on any atom is 0.354 e. The molecule has 0 radical (unpaired) electrons. The zero-order valence-corrected chi connectivity index (χ0v) is 10.8. The highest BCUT2D eigenvalue weighted by Gasteiger charge is 2.12. The number of carboxylic acid groups (broad SMARTS) is 1. The third-order valence-corrected chi connectivity index (χ3v) is 2.90. The van der Waals surface area contributed by atoms with E-state index >= 15 is 0 Å². The highest BCUT2D eigenvalue weighted by molar-refractivity contribution is 6.41. The van der Waals surface area contributed by atoms with E-state index in [1.165, 1.54) is 24.4 Å². The quantitative estimate of drug-likeness (QED) is 0.812. The van der Waals surface area contributed by atoms with Crippen molar-refractivity contribution in [2.75, 3.05) is 5.32 Å². The van der Waals surface area contributed by atoms with Gasteiger partial charge in [-0.05, 0) is 18.2 Å². The van der Waals surface area contributed by atoms with Crippen LogP contribution >= 0.6 is 23.2 Å². The Balaban J connectivity index is 2.12. The third-order valence-electron chi connectivity index (χ3n) is 2.21. The molecule has 6 nitrogen and oxygen atoms in total. The standard InChI is InChI=1S/C11H7Cl2N3O3/c12-6-3-8(16-9(6)13)10(17)15-5-1-2-7(11(18)19)14-4-5/h1-4,16H,(H,15,17)(H,18,19). The number of anilines is 1. The number of pyridine rings is 1. The van der Waals surface area contributed by atoms with E-state index < -0.39 is 11.9 Å². The molecule has 0 aliphatic heterocycles. The van der Waals surface area contributed by atoms with E-state index in [1.54, 1.807) is 0 Å². The number of aromatic carboxylic acids is 1. The number of nitrogens with one attached hydrogen (secondary N) is 2. The largest absolute Gasteiger partial charge is 0.477 e. The Bertz CT molecular complexity index is 618. The van der Waals surface area contributed by atoms with E-state index in [1.807, 2.05) is 0 Å². The second kappa shape index (κ2) is 5.29. The van der Waals surface area contributed by atoms with Gasteiger partial charge in [-0.15, -0.1) is 0 Å². The van der Waals surface area contributed by atoms with Crippen LogP contribution in [-0.2, 0) is 0 Å². The minimum absolute atomic E-state index is 0.107. The van der Waals surface area contributed by atoms with Crippen molar-refractivity contribution < 1.29 is 14.7 Å². The first-order chi connectivity index (χ1) is 8.97. The van der Waals surface area contributed by atoms with Crippen molar-refractivity contribution in [3.05, 3.63) is 46.0 Å². The number of aromatic nitrogens is 2. The fraction of sp³-hybridized carbons (Fsp3) is 0. The van der Waals surface area contributed by atoms with E-state index in [2.05, 4.69) is 15.3 Å². The molecule has 2 heterocycles. The van der Waals surface area contributed by atoms with Crippen LogP contribution in [0.4, 0.5) is 5.69 Å². The van der Waals surface area contributed by atoms with E-state index in [9.17, 15) is 9.59 Å². The Kier molecular flexibility index (Phi) is 3.73. The molecule has 0 saturated heterocycles. The zero-order valence-electron chi connectivity index (χ0n) is 9.28. The van der Waals surface area contributed by atoms with Gasteiger partial charge in [-0.1, -0.05) is 23.2 Å². The molecule has 98 valence electrons. The lowest BCUT2D eigenvalue weighted by atomic mass is 10.3. The second-order valence-corrected chi connectivity index (χ2v) is 4.32. The van der Waals surface area contributed by atoms with Gasteiger partial charge in [0.2, 0.25) is 0 Å². The number of nitrogens with zero attached hydrogens (tertiary/aromatic N) is 1. The Hall–Kier alpha value is -2.05. The second-order valence-electron chi connectivity index (χ2n) is 3.54. The van der Waals surface area contributed by atoms with Gasteiger partial charge in [-0.3, -0.25) is 4.79 Å². The number of carbonyl (C=O) groups is 2. The summed E-state index contributed by atoms with van der Waals surface area (Å²) in [7, 11) is 0. The third kappa shape index (κ3) is 3.04. The summed E-state index contributed by atoms with van der Waals surface area (Å²) in [5.41, 5.74) is 0.443. The summed E-state index contributed by atoms with van der Waals surface area (Å²) in [6, 6.07) is 4.10. The number of carboxylic acids is 1. The molecule has 0 bridgehead atoms. The number of H-pyrrole nitrogens is 1. The maximum atomic E-state index is 11.8. The maximum absolute atomic E-state index is 11.8. The van der Waals surface area contributed by atoms with Gasteiger partial charge in [0.1, 0.15) is 16.5 Å². The first-order valence-corrected chi connectivity index (χ1v) is 5.77. The molecule has 3 N–H and O–H groups in total. The van der Waals surface area contributed by atoms with Crippen molar-refractivity contribution >= 4 is 40.8 Å². The van der Waals surface area contributed by atoms with Gasteiger partial charge in [0, 0.05) is 0 Å². The van der Waals surface area contributed by atoms with Crippen molar-refractivity contribution in [1.29, 1.82) is 0 Å². The topological polar surface area (TPSA) is 95.1 Å². The fourth-order valence-corrected chi connectivity index (χ4v) is 1.63. The minimum Gasteiger partial charge on any atom is -0.477 e. The highest BCUT2D eigenvalue weighted by atomic mass is 35.5. The summed E-state index contributed by atoms with van der Waals surface area (Å²) >= 11 is 11.4. The molecule has 0 spiro atoms. The molecule has 0 unspecified atom stereocenters. The number of aromatic amines is 1. The Morgan fingerprint density at radius 2 is 2.05 bits per heavy atom. The van der Waals surface area contributed by atoms with Crippen LogP contribution in [0.3, 0.4) is 0 Å². The number of hydrogen-bond acceptors (Lipinski definition) is 3. The summed E-state index contributed by atoms with van der Waals surface area (Å²) in [6.07, 6.45) is 1.24. The first kappa shape index (κ1) is 13.4. The SMILES string of the molecule is O=C(O)c1ccc(NC(=O)c2cc(Cl)c(Cl)[nH]2)cn1. The van der Waals surface area contributed by atoms with Gasteiger partial charge in [0.15, 0.2) is 0 Å². The van der Waals surface area contributed by atoms with Crippen LogP contribution in [0.5, 0.6) is 0 Å². The number of rotatable bonds is 3. The lowest BCUT2D eigenvalue weighted by molar-refractivity contribution is 0.0690. The number of halogens is 2. The lowest BCUT2D eigenvalue weighted by Crippen LogP contribution is -2.12. The monoisotopic (exact) mass is 299 g/mol. The first-order valence-electron chi connectivity index (χ1n) is 5.02. The van der Waals surface area contributed by atoms with Crippen LogP contribution in [0.1, 0.15) is 21.0 Å². The molecule has 2 rings (SSSR count). The normalized spacial score (nSPS) is 10.2. The average Bonchev–Trinajstić information content (AvgIpc) is 2.70. The van der Waals surface area contributed by atoms with Gasteiger partial charge in [0.25, 0.3) is 5.91 Å². The average molecular weight is 300 g/mol. The van der Waals surface area contributed by atoms with E-state index in [0.29, 0.717) is 5.69 Å². The van der Waals surface area contributed by atoms with Crippen LogP contribution < -0.4 is 5.32 Å². The van der Waals surface area contributed by atoms with Crippen LogP contribution in [0.25, 0.3) is 0 Å². The smallest absolute Gasteiger partial charge is 0.354 e. The highest BCUT2D eigenvalue weighted by Crippen LogP contribution is 2.22. The molecule has 8 heteroatoms. The van der Waals surface area contributed by atoms with Crippen LogP contribution in [0.2, 0.25) is 10.2 Å². The molecular formula is C11H7Cl2N3O3. The Morgan fingerprint density at radius 1 is 1.32 bits per heavy atom. The fourth-order valence-electron chi connectivity index (χ4n) is 1.32. The van der Waals surface area contributed by atoms with E-state index in [-0.39, 0.29) is 21.6 Å². The van der Waals surface area contributed by atoms with Gasteiger partial charge in [-0.2, -0.15) is 0 Å². The molecule has 0 aliphatic carbocycles. The summed E-state index contributed by atoms with van der Waals surface area (Å²) in [5, 5.41) is 11.6. The predicted octanol–water partition coefficient (Wildman–Crippen LogP) is 2.67. The van der Waals surface area contributed by atoms with Crippen molar-refractivity contribution in [1.82, 2.24) is 9.97 Å². The summed E-state index contributed by atoms with van der Waals surface area (Å²) in [4.78, 5) is 28.7. The molecule has 1 amide bonds. The molecule has 19 heavy (non-hydrogen) atoms. The predicted molar refractivity (Wildman–Crippen MR) is 70.0 cm³/mol. The zero-order chi connectivity index (χ0) is 14.0. The molecule has 2 aromatic rings. The van der Waals surface area contributed by atoms with Crippen LogP contribution in [0.15, 0.2) is 24.4 Å². The van der Waals surface area contributed by atoms with Crippen LogP contribution in [-0.4, -0.2) is 27.0 Å². The lowest BCUT2D eigenvalue weighted by Gasteiger charge is -2.03. The van der Waals surface area contributed by atoms with E-state index in [0.717, 1.165) is 0 Å². The van der Waals surface area contributed by atoms with Crippen molar-refractivity contribution in [3.8, 4) is 0 Å². The molecule has 0 fully saturated rings. The molecule has 0 aromatic carbocycles. The van der Waals surface area contributed by atoms with Gasteiger partial charge >= 0.3 is 5.97 Å². The Labute approximate surface area is 117 Å². The summed E-state index contributed by atoms with van der Waals surface area (Å²) in [6.45, 7) is 0. The summed E-state index contributed by atoms with van der Waals surface area (Å²) in [5.74, 6) is -1.60. The number of amides is 1. The minimum atomic E-state index is -1.14. The molecule has 0 saturated carbocycles. The number of hydrogen-bond donors (Lipinski definition) is 3.